The van der Waals surface area contributed by atoms with Gasteiger partial charge < -0.3 is 15.4 Å². The number of aromatic nitrogens is 1. The van der Waals surface area contributed by atoms with E-state index in [0.29, 0.717) is 6.42 Å². The standard InChI is InChI=1S/C15H20N3O3/c1-5-10-6-11(14(19)20)12(16-7-10)13-17-15(4,9(2)3)8-18(13)21/h6-7,9H,5,8H2,1-4H3,(H,19,20)/q-1. The van der Waals surface area contributed by atoms with Gasteiger partial charge >= 0.3 is 5.97 Å². The predicted molar refractivity (Wildman–Crippen MR) is 80.4 cm³/mol. The molecule has 0 radical (unpaired) electrons. The Balaban J connectivity index is 2.54. The number of amidine groups is 1. The molecule has 0 fully saturated rings. The molecule has 1 aliphatic heterocycles. The third kappa shape index (κ3) is 2.76. The van der Waals surface area contributed by atoms with Gasteiger partial charge in [-0.05, 0) is 30.9 Å². The van der Waals surface area contributed by atoms with Gasteiger partial charge in [-0.1, -0.05) is 20.8 Å². The fourth-order valence-corrected chi connectivity index (χ4v) is 2.22. The summed E-state index contributed by atoms with van der Waals surface area (Å²) in [6, 6.07) is 1.56. The molecule has 1 aromatic heterocycles. The minimum atomic E-state index is -1.10. The van der Waals surface area contributed by atoms with Crippen LogP contribution in [0.1, 0.15) is 49.3 Å². The molecule has 6 nitrogen and oxygen atoms in total. The molecule has 0 amide bonds. The molecule has 1 atom stereocenters. The van der Waals surface area contributed by atoms with Crippen molar-refractivity contribution < 1.29 is 9.90 Å². The SMILES string of the molecule is CCc1cnc(C2=NC(C)(C(C)C)CN2[O-])c(C(=O)O)c1. The molecule has 1 unspecified atom stereocenters. The van der Waals surface area contributed by atoms with Gasteiger partial charge in [-0.3, -0.25) is 9.98 Å². The molecule has 0 saturated carbocycles. The van der Waals surface area contributed by atoms with Crippen LogP contribution in [0.2, 0.25) is 0 Å². The average molecular weight is 290 g/mol. The summed E-state index contributed by atoms with van der Waals surface area (Å²) < 4.78 is 0. The van der Waals surface area contributed by atoms with Crippen molar-refractivity contribution in [3.8, 4) is 0 Å². The monoisotopic (exact) mass is 290 g/mol. The first kappa shape index (κ1) is 15.4. The number of carboxylic acid groups (broad SMARTS) is 1. The molecule has 2 heterocycles. The number of pyridine rings is 1. The van der Waals surface area contributed by atoms with E-state index in [9.17, 15) is 15.1 Å². The van der Waals surface area contributed by atoms with Gasteiger partial charge in [-0.25, -0.2) is 4.79 Å². The molecule has 114 valence electrons. The minimum absolute atomic E-state index is 0.0296. The van der Waals surface area contributed by atoms with E-state index >= 15 is 0 Å². The van der Waals surface area contributed by atoms with E-state index in [2.05, 4.69) is 9.98 Å². The van der Waals surface area contributed by atoms with Crippen LogP contribution >= 0.6 is 0 Å². The third-order valence-corrected chi connectivity index (χ3v) is 4.10. The minimum Gasteiger partial charge on any atom is -0.757 e. The van der Waals surface area contributed by atoms with Crippen LogP contribution in [0.4, 0.5) is 0 Å². The van der Waals surface area contributed by atoms with Crippen LogP contribution in [0, 0.1) is 11.1 Å². The van der Waals surface area contributed by atoms with Crippen molar-refractivity contribution in [3.63, 3.8) is 0 Å². The molecule has 21 heavy (non-hydrogen) atoms. The fraction of sp³-hybridized carbons (Fsp3) is 0.533. The van der Waals surface area contributed by atoms with Gasteiger partial charge in [0.15, 0.2) is 0 Å². The largest absolute Gasteiger partial charge is 0.757 e. The van der Waals surface area contributed by atoms with E-state index in [1.807, 2.05) is 27.7 Å². The Labute approximate surface area is 124 Å². The van der Waals surface area contributed by atoms with Crippen LogP contribution in [0.3, 0.4) is 0 Å². The van der Waals surface area contributed by atoms with E-state index in [1.54, 1.807) is 12.3 Å². The number of rotatable bonds is 4. The number of hydrogen-bond acceptors (Lipinski definition) is 5. The maximum atomic E-state index is 12.2. The quantitative estimate of drug-likeness (QED) is 0.919. The van der Waals surface area contributed by atoms with Gasteiger partial charge in [0.1, 0.15) is 11.5 Å². The number of carbonyl (C=O) groups is 1. The van der Waals surface area contributed by atoms with E-state index in [-0.39, 0.29) is 29.6 Å². The van der Waals surface area contributed by atoms with E-state index in [1.165, 1.54) is 0 Å². The van der Waals surface area contributed by atoms with E-state index < -0.39 is 11.5 Å². The molecular formula is C15H20N3O3-. The summed E-state index contributed by atoms with van der Waals surface area (Å²) in [7, 11) is 0. The smallest absolute Gasteiger partial charge is 0.338 e. The first-order valence-corrected chi connectivity index (χ1v) is 7.05. The van der Waals surface area contributed by atoms with Gasteiger partial charge in [0.2, 0.25) is 0 Å². The number of hydroxylamine groups is 2. The summed E-state index contributed by atoms with van der Waals surface area (Å²) in [5, 5.41) is 22.3. The van der Waals surface area contributed by atoms with Crippen LogP contribution in [0.5, 0.6) is 0 Å². The number of hydrogen-bond donors (Lipinski definition) is 1. The lowest BCUT2D eigenvalue weighted by Crippen LogP contribution is -2.35. The van der Waals surface area contributed by atoms with Gasteiger partial charge in [-0.15, -0.1) is 0 Å². The lowest BCUT2D eigenvalue weighted by molar-refractivity contribution is 0.0696. The first-order valence-electron chi connectivity index (χ1n) is 7.05. The van der Waals surface area contributed by atoms with Gasteiger partial charge in [0.05, 0.1) is 11.1 Å². The molecule has 0 bridgehead atoms. The Morgan fingerprint density at radius 3 is 2.71 bits per heavy atom. The lowest BCUT2D eigenvalue weighted by atomic mass is 9.90. The van der Waals surface area contributed by atoms with Crippen molar-refractivity contribution in [1.29, 1.82) is 0 Å². The molecule has 1 aliphatic rings. The normalized spacial score (nSPS) is 21.8. The Kier molecular flexibility index (Phi) is 4.00. The topological polar surface area (TPSA) is 88.9 Å². The zero-order chi connectivity index (χ0) is 15.8. The highest BCUT2D eigenvalue weighted by molar-refractivity contribution is 6.07. The number of aryl methyl sites for hydroxylation is 1. The number of aliphatic imine (C=N–C) groups is 1. The zero-order valence-corrected chi connectivity index (χ0v) is 12.8. The van der Waals surface area contributed by atoms with E-state index in [4.69, 9.17) is 0 Å². The maximum Gasteiger partial charge on any atom is 0.338 e. The summed E-state index contributed by atoms with van der Waals surface area (Å²) >= 11 is 0. The van der Waals surface area contributed by atoms with Crippen molar-refractivity contribution in [3.05, 3.63) is 34.3 Å². The van der Waals surface area contributed by atoms with Gasteiger partial charge in [-0.2, -0.15) is 0 Å². The maximum absolute atomic E-state index is 12.2. The van der Waals surface area contributed by atoms with Crippen molar-refractivity contribution in [2.24, 2.45) is 10.9 Å². The molecule has 0 spiro atoms. The molecular weight excluding hydrogens is 270 g/mol. The number of nitrogens with zero attached hydrogens (tertiary/aromatic N) is 3. The predicted octanol–water partition coefficient (Wildman–Crippen LogP) is 2.32. The van der Waals surface area contributed by atoms with Crippen molar-refractivity contribution in [1.82, 2.24) is 10.0 Å². The summed E-state index contributed by atoms with van der Waals surface area (Å²) in [5.41, 5.74) is 0.484. The van der Waals surface area contributed by atoms with Crippen LogP contribution in [0.15, 0.2) is 17.3 Å². The summed E-state index contributed by atoms with van der Waals surface area (Å²) in [6.07, 6.45) is 2.29. The van der Waals surface area contributed by atoms with E-state index in [0.717, 1.165) is 10.6 Å². The second-order valence-corrected chi connectivity index (χ2v) is 5.88. The molecule has 6 heteroatoms. The Morgan fingerprint density at radius 1 is 1.57 bits per heavy atom. The second-order valence-electron chi connectivity index (χ2n) is 5.88. The number of carboxylic acids is 1. The van der Waals surface area contributed by atoms with Crippen molar-refractivity contribution in [2.45, 2.75) is 39.7 Å². The molecule has 0 saturated heterocycles. The first-order chi connectivity index (χ1) is 9.78. The molecule has 1 N–H and O–H groups in total. The third-order valence-electron chi connectivity index (χ3n) is 4.10. The molecule has 2 rings (SSSR count). The van der Waals surface area contributed by atoms with Crippen LogP contribution in [-0.4, -0.2) is 39.0 Å². The number of aromatic carboxylic acids is 1. The summed E-state index contributed by atoms with van der Waals surface area (Å²) in [5.74, 6) is -0.803. The average Bonchev–Trinajstić information content (AvgIpc) is 2.74. The Bertz CT molecular complexity index is 598. The zero-order valence-electron chi connectivity index (χ0n) is 12.8. The lowest BCUT2D eigenvalue weighted by Gasteiger charge is -2.31. The highest BCUT2D eigenvalue weighted by Crippen LogP contribution is 2.30. The highest BCUT2D eigenvalue weighted by Gasteiger charge is 2.36. The Morgan fingerprint density at radius 2 is 2.24 bits per heavy atom. The highest BCUT2D eigenvalue weighted by atomic mass is 16.5. The Hall–Kier alpha value is -1.95. The van der Waals surface area contributed by atoms with Crippen molar-refractivity contribution >= 4 is 11.8 Å². The summed E-state index contributed by atoms with van der Waals surface area (Å²) in [6.45, 7) is 8.02. The fourth-order valence-electron chi connectivity index (χ4n) is 2.22. The van der Waals surface area contributed by atoms with Crippen LogP contribution < -0.4 is 0 Å². The van der Waals surface area contributed by atoms with Crippen LogP contribution in [-0.2, 0) is 6.42 Å². The van der Waals surface area contributed by atoms with Crippen molar-refractivity contribution in [2.75, 3.05) is 6.54 Å². The second kappa shape index (κ2) is 5.44. The molecule has 1 aromatic rings. The van der Waals surface area contributed by atoms with Gasteiger partial charge in [0, 0.05) is 12.7 Å². The van der Waals surface area contributed by atoms with Crippen LogP contribution in [0.25, 0.3) is 0 Å². The van der Waals surface area contributed by atoms with Gasteiger partial charge in [0.25, 0.3) is 0 Å². The summed E-state index contributed by atoms with van der Waals surface area (Å²) in [4.78, 5) is 20.1. The molecule has 0 aromatic carbocycles. The molecule has 0 aliphatic carbocycles.